The Morgan fingerprint density at radius 2 is 1.89 bits per heavy atom. The second-order valence-electron chi connectivity index (χ2n) is 4.87. The Labute approximate surface area is 114 Å². The molecule has 0 aliphatic heterocycles. The highest BCUT2D eigenvalue weighted by atomic mass is 19.1. The van der Waals surface area contributed by atoms with Gasteiger partial charge in [0.05, 0.1) is 0 Å². The number of nitrogens with zero attached hydrogens (tertiary/aromatic N) is 2. The normalized spacial score (nSPS) is 10.8. The number of halogens is 1. The van der Waals surface area contributed by atoms with Crippen LogP contribution in [-0.4, -0.2) is 49.4 Å². The maximum absolute atomic E-state index is 13.3. The number of nitrogen functional groups attached to an aromatic ring is 1. The number of hydrogen-bond donors (Lipinski definition) is 1. The van der Waals surface area contributed by atoms with Gasteiger partial charge in [-0.25, -0.2) is 4.39 Å². The van der Waals surface area contributed by atoms with Gasteiger partial charge in [0, 0.05) is 30.9 Å². The monoisotopic (exact) mass is 267 g/mol. The molecule has 0 spiro atoms. The fourth-order valence-corrected chi connectivity index (χ4v) is 1.82. The summed E-state index contributed by atoms with van der Waals surface area (Å²) >= 11 is 0. The Kier molecular flexibility index (Phi) is 5.76. The Balaban J connectivity index is 2.85. The van der Waals surface area contributed by atoms with E-state index < -0.39 is 5.82 Å². The average molecular weight is 267 g/mol. The van der Waals surface area contributed by atoms with Crippen LogP contribution in [0, 0.1) is 5.82 Å². The zero-order valence-electron chi connectivity index (χ0n) is 11.8. The number of carbonyl (C=O) groups excluding carboxylic acids is 1. The van der Waals surface area contributed by atoms with E-state index >= 15 is 0 Å². The van der Waals surface area contributed by atoms with Gasteiger partial charge < -0.3 is 15.5 Å². The highest BCUT2D eigenvalue weighted by molar-refractivity contribution is 5.95. The van der Waals surface area contributed by atoms with Gasteiger partial charge in [-0.15, -0.1) is 0 Å². The molecule has 0 radical (unpaired) electrons. The third-order valence-electron chi connectivity index (χ3n) is 2.76. The minimum atomic E-state index is -0.479. The number of anilines is 1. The summed E-state index contributed by atoms with van der Waals surface area (Å²) in [4.78, 5) is 16.1. The van der Waals surface area contributed by atoms with Crippen LogP contribution in [0.2, 0.25) is 0 Å². The Hall–Kier alpha value is -1.62. The molecule has 1 aromatic carbocycles. The van der Waals surface area contributed by atoms with Crippen LogP contribution in [-0.2, 0) is 0 Å². The van der Waals surface area contributed by atoms with E-state index in [4.69, 9.17) is 5.73 Å². The smallest absolute Gasteiger partial charge is 0.254 e. The van der Waals surface area contributed by atoms with E-state index in [1.807, 2.05) is 25.9 Å². The highest BCUT2D eigenvalue weighted by Gasteiger charge is 2.16. The molecule has 5 heteroatoms. The van der Waals surface area contributed by atoms with Gasteiger partial charge in [-0.2, -0.15) is 0 Å². The number of hydrogen-bond acceptors (Lipinski definition) is 3. The van der Waals surface area contributed by atoms with E-state index in [0.29, 0.717) is 18.7 Å². The number of nitrogens with two attached hydrogens (primary N) is 1. The third-order valence-corrected chi connectivity index (χ3v) is 2.76. The summed E-state index contributed by atoms with van der Waals surface area (Å²) in [5.41, 5.74) is 6.16. The molecule has 0 atom stereocenters. The lowest BCUT2D eigenvalue weighted by Gasteiger charge is -2.24. The van der Waals surface area contributed by atoms with Crippen molar-refractivity contribution in [3.8, 4) is 0 Å². The van der Waals surface area contributed by atoms with Gasteiger partial charge in [0.2, 0.25) is 0 Å². The molecule has 1 aromatic rings. The van der Waals surface area contributed by atoms with Crippen molar-refractivity contribution in [1.29, 1.82) is 0 Å². The molecule has 4 nitrogen and oxygen atoms in total. The van der Waals surface area contributed by atoms with Crippen LogP contribution < -0.4 is 5.73 Å². The first-order valence-corrected chi connectivity index (χ1v) is 6.44. The Morgan fingerprint density at radius 3 is 2.42 bits per heavy atom. The number of rotatable bonds is 6. The molecule has 1 amide bonds. The molecule has 106 valence electrons. The van der Waals surface area contributed by atoms with Crippen LogP contribution in [0.25, 0.3) is 0 Å². The number of likely N-dealkylation sites (N-methyl/N-ethyl adjacent to an activating group) is 1. The number of benzene rings is 1. The van der Waals surface area contributed by atoms with Crippen LogP contribution in [0.3, 0.4) is 0 Å². The van der Waals surface area contributed by atoms with Gasteiger partial charge in [0.15, 0.2) is 0 Å². The van der Waals surface area contributed by atoms with Gasteiger partial charge in [-0.05, 0) is 38.7 Å². The molecule has 0 saturated carbocycles. The van der Waals surface area contributed by atoms with Crippen LogP contribution in [0.1, 0.15) is 23.7 Å². The molecule has 19 heavy (non-hydrogen) atoms. The zero-order valence-corrected chi connectivity index (χ0v) is 11.8. The molecule has 0 aliphatic rings. The van der Waals surface area contributed by atoms with E-state index in [9.17, 15) is 9.18 Å². The average Bonchev–Trinajstić information content (AvgIpc) is 2.32. The first-order chi connectivity index (χ1) is 8.93. The molecule has 0 aromatic heterocycles. The molecule has 0 fully saturated rings. The second-order valence-corrected chi connectivity index (χ2v) is 4.87. The molecular formula is C14H22FN3O. The van der Waals surface area contributed by atoms with E-state index in [-0.39, 0.29) is 11.6 Å². The minimum absolute atomic E-state index is 0.171. The fraction of sp³-hybridized carbons (Fsp3) is 0.500. The maximum Gasteiger partial charge on any atom is 0.254 e. The first-order valence-electron chi connectivity index (χ1n) is 6.44. The van der Waals surface area contributed by atoms with E-state index in [2.05, 4.69) is 0 Å². The van der Waals surface area contributed by atoms with Crippen molar-refractivity contribution < 1.29 is 9.18 Å². The van der Waals surface area contributed by atoms with E-state index in [1.54, 1.807) is 4.90 Å². The Bertz CT molecular complexity index is 414. The SMILES string of the molecule is CCCN(CCN(C)C)C(=O)c1cc(N)cc(F)c1. The van der Waals surface area contributed by atoms with Gasteiger partial charge in [0.1, 0.15) is 5.82 Å². The predicted molar refractivity (Wildman–Crippen MR) is 75.6 cm³/mol. The molecule has 0 aliphatic carbocycles. The molecule has 1 rings (SSSR count). The summed E-state index contributed by atoms with van der Waals surface area (Å²) in [5.74, 6) is -0.651. The molecule has 2 N–H and O–H groups in total. The van der Waals surface area contributed by atoms with Crippen molar-refractivity contribution in [1.82, 2.24) is 9.80 Å². The summed E-state index contributed by atoms with van der Waals surface area (Å²) in [7, 11) is 3.91. The highest BCUT2D eigenvalue weighted by Crippen LogP contribution is 2.13. The van der Waals surface area contributed by atoms with Crippen LogP contribution in [0.4, 0.5) is 10.1 Å². The van der Waals surface area contributed by atoms with Gasteiger partial charge in [-0.1, -0.05) is 6.92 Å². The predicted octanol–water partition coefficient (Wildman–Crippen LogP) is 1.82. The third kappa shape index (κ3) is 4.87. The van der Waals surface area contributed by atoms with Gasteiger partial charge in [0.25, 0.3) is 5.91 Å². The summed E-state index contributed by atoms with van der Waals surface area (Å²) in [5, 5.41) is 0. The lowest BCUT2D eigenvalue weighted by molar-refractivity contribution is 0.0744. The lowest BCUT2D eigenvalue weighted by atomic mass is 10.1. The standard InChI is InChI=1S/C14H22FN3O/c1-4-5-18(7-6-17(2)3)14(19)11-8-12(15)10-13(16)9-11/h8-10H,4-7,16H2,1-3H3. The van der Waals surface area contributed by atoms with Crippen molar-refractivity contribution in [2.24, 2.45) is 0 Å². The minimum Gasteiger partial charge on any atom is -0.399 e. The van der Waals surface area contributed by atoms with Crippen LogP contribution >= 0.6 is 0 Å². The largest absolute Gasteiger partial charge is 0.399 e. The van der Waals surface area contributed by atoms with Crippen molar-refractivity contribution >= 4 is 11.6 Å². The molecule has 0 saturated heterocycles. The van der Waals surface area contributed by atoms with E-state index in [1.165, 1.54) is 18.2 Å². The molecule has 0 unspecified atom stereocenters. The van der Waals surface area contributed by atoms with Gasteiger partial charge >= 0.3 is 0 Å². The Morgan fingerprint density at radius 1 is 1.21 bits per heavy atom. The quantitative estimate of drug-likeness (QED) is 0.800. The zero-order chi connectivity index (χ0) is 14.4. The van der Waals surface area contributed by atoms with Crippen molar-refractivity contribution in [3.63, 3.8) is 0 Å². The second kappa shape index (κ2) is 7.09. The maximum atomic E-state index is 13.3. The first kappa shape index (κ1) is 15.4. The summed E-state index contributed by atoms with van der Waals surface area (Å²) in [6.45, 7) is 4.06. The summed E-state index contributed by atoms with van der Waals surface area (Å²) in [6.07, 6.45) is 0.865. The molecular weight excluding hydrogens is 245 g/mol. The number of carbonyl (C=O) groups is 1. The van der Waals surface area contributed by atoms with Crippen LogP contribution in [0.5, 0.6) is 0 Å². The molecule has 0 bridgehead atoms. The number of amides is 1. The summed E-state index contributed by atoms with van der Waals surface area (Å²) in [6, 6.07) is 3.96. The van der Waals surface area contributed by atoms with Crippen molar-refractivity contribution in [3.05, 3.63) is 29.6 Å². The topological polar surface area (TPSA) is 49.6 Å². The van der Waals surface area contributed by atoms with Crippen molar-refractivity contribution in [2.75, 3.05) is 39.5 Å². The van der Waals surface area contributed by atoms with Crippen LogP contribution in [0.15, 0.2) is 18.2 Å². The summed E-state index contributed by atoms with van der Waals surface area (Å²) < 4.78 is 13.3. The van der Waals surface area contributed by atoms with Gasteiger partial charge in [-0.3, -0.25) is 4.79 Å². The fourth-order valence-electron chi connectivity index (χ4n) is 1.82. The van der Waals surface area contributed by atoms with Crippen molar-refractivity contribution in [2.45, 2.75) is 13.3 Å². The van der Waals surface area contributed by atoms with E-state index in [0.717, 1.165) is 13.0 Å². The molecule has 0 heterocycles. The lowest BCUT2D eigenvalue weighted by Crippen LogP contribution is -2.37.